The Morgan fingerprint density at radius 1 is 1.28 bits per heavy atom. The lowest BCUT2D eigenvalue weighted by molar-refractivity contribution is 0.178. The summed E-state index contributed by atoms with van der Waals surface area (Å²) in [7, 11) is -1.98. The first-order chi connectivity index (χ1) is 8.44. The molecule has 0 unspecified atom stereocenters. The molecule has 18 heavy (non-hydrogen) atoms. The monoisotopic (exact) mass is 281 g/mol. The highest BCUT2D eigenvalue weighted by Crippen LogP contribution is 2.25. The Hall–Kier alpha value is -0.210. The summed E-state index contributed by atoms with van der Waals surface area (Å²) in [4.78, 5) is 0. The van der Waals surface area contributed by atoms with Crippen molar-refractivity contribution in [2.45, 2.75) is 39.2 Å². The minimum atomic E-state index is -3.52. The molecule has 0 aromatic heterocycles. The van der Waals surface area contributed by atoms with Crippen LogP contribution >= 0.6 is 0 Å². The first-order valence-corrected chi connectivity index (χ1v) is 7.84. The van der Waals surface area contributed by atoms with E-state index >= 15 is 0 Å². The minimum Gasteiger partial charge on any atom is -0.383 e. The van der Waals surface area contributed by atoms with E-state index in [2.05, 4.69) is 4.72 Å². The van der Waals surface area contributed by atoms with Crippen molar-refractivity contribution in [3.05, 3.63) is 0 Å². The molecule has 0 radical (unpaired) electrons. The van der Waals surface area contributed by atoms with Crippen LogP contribution in [0.15, 0.2) is 0 Å². The van der Waals surface area contributed by atoms with Crippen LogP contribution in [0.3, 0.4) is 0 Å². The first kappa shape index (κ1) is 17.8. The van der Waals surface area contributed by atoms with Crippen LogP contribution in [0, 0.1) is 0 Å². The van der Waals surface area contributed by atoms with E-state index in [-0.39, 0.29) is 6.54 Å². The molecule has 7 heteroatoms. The molecular formula is C11H27N3O3S. The molecule has 0 amide bonds. The van der Waals surface area contributed by atoms with Crippen LogP contribution in [-0.2, 0) is 14.9 Å². The topological polar surface area (TPSA) is 84.7 Å². The minimum absolute atomic E-state index is 0.267. The third-order valence-corrected chi connectivity index (χ3v) is 5.19. The molecule has 0 aliphatic rings. The van der Waals surface area contributed by atoms with Gasteiger partial charge in [0.05, 0.1) is 6.61 Å². The molecule has 0 bridgehead atoms. The number of nitrogens with two attached hydrogens (primary N) is 1. The standard InChI is InChI=1S/C11H27N3O3S/c1-5-11(6-2,10-12)14(7-3)18(15,16)13-8-9-17-4/h13H,5-10,12H2,1-4H3. The van der Waals surface area contributed by atoms with Crippen molar-refractivity contribution in [2.24, 2.45) is 5.73 Å². The van der Waals surface area contributed by atoms with E-state index in [1.54, 1.807) is 0 Å². The Morgan fingerprint density at radius 3 is 2.17 bits per heavy atom. The molecule has 6 nitrogen and oxygen atoms in total. The number of hydrogen-bond acceptors (Lipinski definition) is 4. The predicted octanol–water partition coefficient (Wildman–Crippen LogP) is 0.307. The van der Waals surface area contributed by atoms with Crippen molar-refractivity contribution in [1.29, 1.82) is 0 Å². The molecule has 0 spiro atoms. The molecule has 3 N–H and O–H groups in total. The van der Waals surface area contributed by atoms with Crippen LogP contribution in [0.25, 0.3) is 0 Å². The van der Waals surface area contributed by atoms with E-state index in [0.717, 1.165) is 0 Å². The maximum atomic E-state index is 12.3. The molecule has 0 rings (SSSR count). The molecule has 0 saturated heterocycles. The van der Waals surface area contributed by atoms with Gasteiger partial charge in [0.15, 0.2) is 0 Å². The van der Waals surface area contributed by atoms with Crippen LogP contribution in [-0.4, -0.2) is 51.6 Å². The smallest absolute Gasteiger partial charge is 0.280 e. The summed E-state index contributed by atoms with van der Waals surface area (Å²) < 4.78 is 33.4. The van der Waals surface area contributed by atoms with Crippen LogP contribution < -0.4 is 10.5 Å². The summed E-state index contributed by atoms with van der Waals surface area (Å²) in [6.45, 7) is 7.09. The maximum absolute atomic E-state index is 12.3. The molecule has 110 valence electrons. The van der Waals surface area contributed by atoms with Gasteiger partial charge < -0.3 is 10.5 Å². The first-order valence-electron chi connectivity index (χ1n) is 6.40. The highest BCUT2D eigenvalue weighted by Gasteiger charge is 2.38. The van der Waals surface area contributed by atoms with Gasteiger partial charge in [0.25, 0.3) is 10.2 Å². The molecule has 0 heterocycles. The van der Waals surface area contributed by atoms with Crippen molar-refractivity contribution in [3.63, 3.8) is 0 Å². The lowest BCUT2D eigenvalue weighted by atomic mass is 9.93. The highest BCUT2D eigenvalue weighted by atomic mass is 32.2. The molecular weight excluding hydrogens is 254 g/mol. The largest absolute Gasteiger partial charge is 0.383 e. The van der Waals surface area contributed by atoms with E-state index in [1.165, 1.54) is 11.4 Å². The summed E-state index contributed by atoms with van der Waals surface area (Å²) in [6, 6.07) is 0. The Kier molecular flexibility index (Phi) is 7.97. The van der Waals surface area contributed by atoms with Crippen molar-refractivity contribution >= 4 is 10.2 Å². The number of rotatable bonds is 10. The lowest BCUT2D eigenvalue weighted by Gasteiger charge is -2.40. The van der Waals surface area contributed by atoms with Crippen LogP contribution in [0.2, 0.25) is 0 Å². The highest BCUT2D eigenvalue weighted by molar-refractivity contribution is 7.87. The average molecular weight is 281 g/mol. The second-order valence-electron chi connectivity index (χ2n) is 4.19. The number of hydrogen-bond donors (Lipinski definition) is 2. The van der Waals surface area contributed by atoms with E-state index in [4.69, 9.17) is 10.5 Å². The molecule has 0 aromatic rings. The van der Waals surface area contributed by atoms with Gasteiger partial charge in [-0.2, -0.15) is 17.4 Å². The van der Waals surface area contributed by atoms with E-state index in [1.807, 2.05) is 20.8 Å². The number of nitrogens with zero attached hydrogens (tertiary/aromatic N) is 1. The van der Waals surface area contributed by atoms with Gasteiger partial charge in [-0.05, 0) is 12.8 Å². The van der Waals surface area contributed by atoms with Crippen molar-refractivity contribution in [2.75, 3.05) is 33.4 Å². The number of likely N-dealkylation sites (N-methyl/N-ethyl adjacent to an activating group) is 1. The van der Waals surface area contributed by atoms with Gasteiger partial charge in [0.1, 0.15) is 0 Å². The summed E-state index contributed by atoms with van der Waals surface area (Å²) in [5.41, 5.74) is 5.29. The zero-order chi connectivity index (χ0) is 14.2. The van der Waals surface area contributed by atoms with E-state index in [0.29, 0.717) is 32.5 Å². The summed E-state index contributed by atoms with van der Waals surface area (Å²) in [5.74, 6) is 0. The molecule has 0 aromatic carbocycles. The normalized spacial score (nSPS) is 13.2. The van der Waals surface area contributed by atoms with E-state index in [9.17, 15) is 8.42 Å². The van der Waals surface area contributed by atoms with Gasteiger partial charge in [-0.3, -0.25) is 0 Å². The Balaban J connectivity index is 5.04. The fourth-order valence-electron chi connectivity index (χ4n) is 2.10. The van der Waals surface area contributed by atoms with E-state index < -0.39 is 15.7 Å². The zero-order valence-electron chi connectivity index (χ0n) is 11.9. The van der Waals surface area contributed by atoms with Gasteiger partial charge in [-0.15, -0.1) is 0 Å². The molecule has 0 aliphatic heterocycles. The van der Waals surface area contributed by atoms with Crippen LogP contribution in [0.4, 0.5) is 0 Å². The second-order valence-corrected chi connectivity index (χ2v) is 5.87. The summed E-state index contributed by atoms with van der Waals surface area (Å²) in [5, 5.41) is 0. The Morgan fingerprint density at radius 2 is 1.83 bits per heavy atom. The maximum Gasteiger partial charge on any atom is 0.280 e. The zero-order valence-corrected chi connectivity index (χ0v) is 12.7. The van der Waals surface area contributed by atoms with Crippen LogP contribution in [0.5, 0.6) is 0 Å². The third kappa shape index (κ3) is 4.17. The molecule has 0 fully saturated rings. The second kappa shape index (κ2) is 8.06. The fourth-order valence-corrected chi connectivity index (χ4v) is 3.78. The molecule has 0 aliphatic carbocycles. The van der Waals surface area contributed by atoms with Gasteiger partial charge in [0, 0.05) is 32.3 Å². The number of methoxy groups -OCH3 is 1. The SMILES string of the molecule is CCN(C(CC)(CC)CN)S(=O)(=O)NCCOC. The number of ether oxygens (including phenoxy) is 1. The van der Waals surface area contributed by atoms with Gasteiger partial charge >= 0.3 is 0 Å². The van der Waals surface area contributed by atoms with Crippen molar-refractivity contribution < 1.29 is 13.2 Å². The summed E-state index contributed by atoms with van der Waals surface area (Å²) in [6.07, 6.45) is 1.39. The average Bonchev–Trinajstić information content (AvgIpc) is 2.36. The van der Waals surface area contributed by atoms with Gasteiger partial charge in [-0.25, -0.2) is 0 Å². The van der Waals surface area contributed by atoms with Crippen molar-refractivity contribution in [1.82, 2.24) is 9.03 Å². The lowest BCUT2D eigenvalue weighted by Crippen LogP contribution is -2.58. The summed E-state index contributed by atoms with van der Waals surface area (Å²) >= 11 is 0. The predicted molar refractivity (Wildman–Crippen MR) is 73.5 cm³/mol. The van der Waals surface area contributed by atoms with Crippen LogP contribution in [0.1, 0.15) is 33.6 Å². The van der Waals surface area contributed by atoms with Gasteiger partial charge in [-0.1, -0.05) is 20.8 Å². The number of nitrogens with one attached hydrogen (secondary N) is 1. The molecule has 0 saturated carbocycles. The van der Waals surface area contributed by atoms with Gasteiger partial charge in [0.2, 0.25) is 0 Å². The Bertz CT molecular complexity index is 307. The molecule has 0 atom stereocenters. The van der Waals surface area contributed by atoms with Crippen molar-refractivity contribution in [3.8, 4) is 0 Å². The quantitative estimate of drug-likeness (QED) is 0.564. The third-order valence-electron chi connectivity index (χ3n) is 3.39. The fraction of sp³-hybridized carbons (Fsp3) is 1.00. The Labute approximate surface area is 111 Å².